The number of likely N-dealkylation sites (tertiary alicyclic amines) is 1. The molecule has 1 rings (SSSR count). The zero-order valence-electron chi connectivity index (χ0n) is 6.38. The molecule has 4 heteroatoms. The second-order valence-electron chi connectivity index (χ2n) is 2.70. The number of hydrogen-bond donors (Lipinski definition) is 1. The van der Waals surface area contributed by atoms with Crippen LogP contribution in [-0.2, 0) is 4.79 Å². The van der Waals surface area contributed by atoms with Crippen molar-refractivity contribution in [3.63, 3.8) is 0 Å². The number of nitrogens with two attached hydrogens (primary N) is 1. The lowest BCUT2D eigenvalue weighted by Crippen LogP contribution is -2.28. The van der Waals surface area contributed by atoms with Gasteiger partial charge in [-0.05, 0) is 6.42 Å². The largest absolute Gasteiger partial charge is 0.393 e. The third-order valence-corrected chi connectivity index (χ3v) is 2.00. The Morgan fingerprint density at radius 1 is 1.73 bits per heavy atom. The van der Waals surface area contributed by atoms with Gasteiger partial charge in [0.1, 0.15) is 0 Å². The lowest BCUT2D eigenvalue weighted by Gasteiger charge is -2.13. The van der Waals surface area contributed by atoms with Crippen molar-refractivity contribution >= 4 is 23.1 Å². The second-order valence-corrected chi connectivity index (χ2v) is 3.23. The minimum atomic E-state index is 0.237. The minimum Gasteiger partial charge on any atom is -0.393 e. The van der Waals surface area contributed by atoms with Crippen LogP contribution in [0.4, 0.5) is 0 Å². The number of hydrogen-bond acceptors (Lipinski definition) is 2. The van der Waals surface area contributed by atoms with Crippen molar-refractivity contribution in [2.24, 2.45) is 5.73 Å². The van der Waals surface area contributed by atoms with Crippen LogP contribution >= 0.6 is 12.2 Å². The third-order valence-electron chi connectivity index (χ3n) is 1.80. The monoisotopic (exact) mass is 172 g/mol. The van der Waals surface area contributed by atoms with Gasteiger partial charge < -0.3 is 10.6 Å². The number of nitrogens with zero attached hydrogens (tertiary/aromatic N) is 1. The Labute approximate surface area is 71.5 Å². The summed E-state index contributed by atoms with van der Waals surface area (Å²) < 4.78 is 0. The van der Waals surface area contributed by atoms with Gasteiger partial charge in [-0.15, -0.1) is 0 Å². The van der Waals surface area contributed by atoms with E-state index in [1.54, 1.807) is 0 Å². The maximum absolute atomic E-state index is 11.0. The molecule has 1 amide bonds. The molecule has 62 valence electrons. The summed E-state index contributed by atoms with van der Waals surface area (Å²) in [7, 11) is 0. The van der Waals surface area contributed by atoms with Crippen LogP contribution in [0.25, 0.3) is 0 Å². The van der Waals surface area contributed by atoms with Gasteiger partial charge >= 0.3 is 0 Å². The number of carbonyl (C=O) groups excluding carboxylic acids is 1. The van der Waals surface area contributed by atoms with Crippen molar-refractivity contribution in [1.82, 2.24) is 4.90 Å². The van der Waals surface area contributed by atoms with Crippen LogP contribution in [0, 0.1) is 0 Å². The van der Waals surface area contributed by atoms with E-state index in [2.05, 4.69) is 0 Å². The predicted octanol–water partition coefficient (Wildman–Crippen LogP) is 0.285. The van der Waals surface area contributed by atoms with Crippen LogP contribution in [0.1, 0.15) is 19.3 Å². The SMILES string of the molecule is NC(=S)CCN1CCCC1=O. The van der Waals surface area contributed by atoms with Gasteiger partial charge in [0, 0.05) is 25.9 Å². The van der Waals surface area contributed by atoms with Gasteiger partial charge in [-0.2, -0.15) is 0 Å². The summed E-state index contributed by atoms with van der Waals surface area (Å²) in [6.07, 6.45) is 2.33. The quantitative estimate of drug-likeness (QED) is 0.622. The Morgan fingerprint density at radius 3 is 2.91 bits per heavy atom. The molecule has 0 aromatic carbocycles. The summed E-state index contributed by atoms with van der Waals surface area (Å²) in [5.41, 5.74) is 5.31. The number of carbonyl (C=O) groups is 1. The molecule has 1 heterocycles. The Bertz CT molecular complexity index is 181. The topological polar surface area (TPSA) is 46.3 Å². The Balaban J connectivity index is 2.26. The molecule has 1 saturated heterocycles. The highest BCUT2D eigenvalue weighted by Gasteiger charge is 2.19. The van der Waals surface area contributed by atoms with Gasteiger partial charge in [-0.1, -0.05) is 12.2 Å². The molecule has 1 aliphatic rings. The molecule has 0 spiro atoms. The van der Waals surface area contributed by atoms with Crippen LogP contribution in [0.15, 0.2) is 0 Å². The maximum atomic E-state index is 11.0. The minimum absolute atomic E-state index is 0.237. The normalized spacial score (nSPS) is 17.5. The smallest absolute Gasteiger partial charge is 0.222 e. The molecule has 0 saturated carbocycles. The van der Waals surface area contributed by atoms with Gasteiger partial charge in [-0.25, -0.2) is 0 Å². The summed E-state index contributed by atoms with van der Waals surface area (Å²) in [4.78, 5) is 13.3. The first-order valence-electron chi connectivity index (χ1n) is 3.76. The van der Waals surface area contributed by atoms with E-state index < -0.39 is 0 Å². The first kappa shape index (κ1) is 8.46. The third kappa shape index (κ3) is 2.46. The first-order valence-corrected chi connectivity index (χ1v) is 4.17. The van der Waals surface area contributed by atoms with Crippen LogP contribution in [0.3, 0.4) is 0 Å². The summed E-state index contributed by atoms with van der Waals surface area (Å²) in [6, 6.07) is 0. The number of amides is 1. The van der Waals surface area contributed by atoms with E-state index in [9.17, 15) is 4.79 Å². The van der Waals surface area contributed by atoms with Crippen LogP contribution in [0.2, 0.25) is 0 Å². The van der Waals surface area contributed by atoms with Crippen molar-refractivity contribution in [2.75, 3.05) is 13.1 Å². The zero-order chi connectivity index (χ0) is 8.27. The standard InChI is InChI=1S/C7H12N2OS/c8-6(11)3-5-9-4-1-2-7(9)10/h1-5H2,(H2,8,11). The second kappa shape index (κ2) is 3.67. The molecule has 0 unspecified atom stereocenters. The van der Waals surface area contributed by atoms with E-state index in [-0.39, 0.29) is 5.91 Å². The molecule has 11 heavy (non-hydrogen) atoms. The van der Waals surface area contributed by atoms with Gasteiger partial charge in [0.05, 0.1) is 4.99 Å². The fourth-order valence-electron chi connectivity index (χ4n) is 1.19. The first-order chi connectivity index (χ1) is 5.20. The van der Waals surface area contributed by atoms with Crippen molar-refractivity contribution in [2.45, 2.75) is 19.3 Å². The summed E-state index contributed by atoms with van der Waals surface area (Å²) in [5, 5.41) is 0. The molecule has 0 atom stereocenters. The zero-order valence-corrected chi connectivity index (χ0v) is 7.19. The molecular formula is C7H12N2OS. The van der Waals surface area contributed by atoms with Gasteiger partial charge in [0.15, 0.2) is 0 Å². The molecule has 1 fully saturated rings. The Morgan fingerprint density at radius 2 is 2.45 bits per heavy atom. The summed E-state index contributed by atoms with van der Waals surface area (Å²) in [5.74, 6) is 0.237. The molecule has 2 N–H and O–H groups in total. The highest BCUT2D eigenvalue weighted by molar-refractivity contribution is 7.80. The highest BCUT2D eigenvalue weighted by atomic mass is 32.1. The molecule has 0 aliphatic carbocycles. The van der Waals surface area contributed by atoms with Crippen molar-refractivity contribution in [3.8, 4) is 0 Å². The Kier molecular flexibility index (Phi) is 2.82. The van der Waals surface area contributed by atoms with E-state index in [1.165, 1.54) is 0 Å². The molecule has 0 aromatic rings. The van der Waals surface area contributed by atoms with E-state index in [1.807, 2.05) is 4.90 Å². The molecule has 0 bridgehead atoms. The van der Waals surface area contributed by atoms with Crippen LogP contribution in [-0.4, -0.2) is 28.9 Å². The number of thiocarbonyl (C=S) groups is 1. The molecule has 1 aliphatic heterocycles. The van der Waals surface area contributed by atoms with E-state index in [0.717, 1.165) is 13.0 Å². The van der Waals surface area contributed by atoms with Gasteiger partial charge in [0.25, 0.3) is 0 Å². The van der Waals surface area contributed by atoms with Crippen molar-refractivity contribution in [1.29, 1.82) is 0 Å². The molecule has 3 nitrogen and oxygen atoms in total. The van der Waals surface area contributed by atoms with Crippen molar-refractivity contribution < 1.29 is 4.79 Å². The highest BCUT2D eigenvalue weighted by Crippen LogP contribution is 2.09. The molecule has 0 aromatic heterocycles. The number of rotatable bonds is 3. The van der Waals surface area contributed by atoms with Gasteiger partial charge in [-0.3, -0.25) is 4.79 Å². The predicted molar refractivity (Wildman–Crippen MR) is 47.2 cm³/mol. The molecular weight excluding hydrogens is 160 g/mol. The Hall–Kier alpha value is -0.640. The summed E-state index contributed by atoms with van der Waals surface area (Å²) in [6.45, 7) is 1.58. The summed E-state index contributed by atoms with van der Waals surface area (Å²) >= 11 is 4.71. The maximum Gasteiger partial charge on any atom is 0.222 e. The molecule has 0 radical (unpaired) electrons. The van der Waals surface area contributed by atoms with E-state index >= 15 is 0 Å². The van der Waals surface area contributed by atoms with Crippen LogP contribution in [0.5, 0.6) is 0 Å². The van der Waals surface area contributed by atoms with E-state index in [0.29, 0.717) is 24.4 Å². The lowest BCUT2D eigenvalue weighted by molar-refractivity contribution is -0.127. The van der Waals surface area contributed by atoms with E-state index in [4.69, 9.17) is 18.0 Å². The van der Waals surface area contributed by atoms with Gasteiger partial charge in [0.2, 0.25) is 5.91 Å². The fraction of sp³-hybridized carbons (Fsp3) is 0.714. The van der Waals surface area contributed by atoms with Crippen molar-refractivity contribution in [3.05, 3.63) is 0 Å². The average molecular weight is 172 g/mol. The average Bonchev–Trinajstić information content (AvgIpc) is 2.31. The fourth-order valence-corrected chi connectivity index (χ4v) is 1.28. The van der Waals surface area contributed by atoms with Crippen LogP contribution < -0.4 is 5.73 Å². The lowest BCUT2D eigenvalue weighted by atomic mass is 10.4.